The molecule has 1 saturated carbocycles. The van der Waals surface area contributed by atoms with E-state index < -0.39 is 69.6 Å². The third kappa shape index (κ3) is 3.76. The van der Waals surface area contributed by atoms with E-state index >= 15 is 4.39 Å². The first kappa shape index (κ1) is 28.3. The fourth-order valence-electron chi connectivity index (χ4n) is 7.62. The van der Waals surface area contributed by atoms with Gasteiger partial charge in [0.2, 0.25) is 11.7 Å². The minimum Gasteiger partial charge on any atom is -0.508 e. The zero-order chi connectivity index (χ0) is 30.4. The highest BCUT2D eigenvalue weighted by Crippen LogP contribution is 2.54. The summed E-state index contributed by atoms with van der Waals surface area (Å²) < 4.78 is 16.1. The van der Waals surface area contributed by atoms with Crippen LogP contribution in [0.25, 0.3) is 5.76 Å². The largest absolute Gasteiger partial charge is 0.508 e. The number of aliphatic hydroxyl groups is 3. The van der Waals surface area contributed by atoms with Crippen molar-refractivity contribution in [2.45, 2.75) is 50.4 Å². The molecule has 1 aromatic carbocycles. The zero-order valence-electron chi connectivity index (χ0n) is 23.3. The van der Waals surface area contributed by atoms with Crippen molar-refractivity contribution in [3.05, 3.63) is 45.0 Å². The fourth-order valence-corrected chi connectivity index (χ4v) is 7.62. The second kappa shape index (κ2) is 9.61. The number of carbonyl (C=O) groups is 4. The standard InChI is InChI=1S/C29H33FN4O8/c1-32(2)22-16-8-12-7-13-19(24(37)18(12)26(39)29(16,42)27(40)20(25(22)38)28(31)41)23(36)15-10-34(9-14(15)21(13)30)17(35)11-33-5-3-4-6-33/h12,16,22,36-37,40,42H,3-11H2,1-2H3,(H2,31,41)/t12-,16-,22-,29-/m0/s1. The van der Waals surface area contributed by atoms with Gasteiger partial charge in [-0.05, 0) is 58.8 Å². The van der Waals surface area contributed by atoms with Crippen LogP contribution in [-0.2, 0) is 38.7 Å². The molecule has 0 aromatic heterocycles. The molecule has 42 heavy (non-hydrogen) atoms. The summed E-state index contributed by atoms with van der Waals surface area (Å²) in [7, 11) is 3.01. The van der Waals surface area contributed by atoms with E-state index in [-0.39, 0.29) is 66.2 Å². The van der Waals surface area contributed by atoms with E-state index in [2.05, 4.69) is 0 Å². The number of amides is 2. The van der Waals surface area contributed by atoms with Gasteiger partial charge in [-0.15, -0.1) is 0 Å². The summed E-state index contributed by atoms with van der Waals surface area (Å²) in [4.78, 5) is 57.1. The molecule has 0 unspecified atom stereocenters. The van der Waals surface area contributed by atoms with Gasteiger partial charge in [-0.25, -0.2) is 4.39 Å². The maximum atomic E-state index is 16.1. The third-order valence-electron chi connectivity index (χ3n) is 9.64. The minimum absolute atomic E-state index is 0.0364. The molecule has 1 aromatic rings. The van der Waals surface area contributed by atoms with Crippen LogP contribution in [0.1, 0.15) is 41.5 Å². The number of aliphatic hydroxyl groups excluding tert-OH is 2. The molecule has 3 aliphatic carbocycles. The van der Waals surface area contributed by atoms with Crippen molar-refractivity contribution >= 4 is 29.1 Å². The average molecular weight is 585 g/mol. The molecular weight excluding hydrogens is 551 g/mol. The summed E-state index contributed by atoms with van der Waals surface area (Å²) >= 11 is 0. The molecule has 12 nitrogen and oxygen atoms in total. The van der Waals surface area contributed by atoms with Crippen LogP contribution in [-0.4, -0.2) is 104 Å². The van der Waals surface area contributed by atoms with Crippen molar-refractivity contribution < 1.29 is 44.0 Å². The molecule has 2 fully saturated rings. The van der Waals surface area contributed by atoms with Crippen molar-refractivity contribution in [1.29, 1.82) is 0 Å². The minimum atomic E-state index is -2.77. The first-order chi connectivity index (χ1) is 19.8. The molecule has 0 radical (unpaired) electrons. The Labute approximate surface area is 240 Å². The monoisotopic (exact) mass is 584 g/mol. The summed E-state index contributed by atoms with van der Waals surface area (Å²) in [5.41, 5.74) is 1.24. The number of likely N-dealkylation sites (N-methyl/N-ethyl adjacent to an activating group) is 1. The number of primary amides is 1. The first-order valence-electron chi connectivity index (χ1n) is 14.0. The van der Waals surface area contributed by atoms with Crippen molar-refractivity contribution in [2.24, 2.45) is 17.6 Å². The lowest BCUT2D eigenvalue weighted by Gasteiger charge is -2.50. The number of ketones is 2. The molecule has 0 bridgehead atoms. The Kier molecular flexibility index (Phi) is 6.48. The van der Waals surface area contributed by atoms with Gasteiger partial charge in [-0.3, -0.25) is 29.0 Å². The van der Waals surface area contributed by atoms with Crippen LogP contribution in [0, 0.1) is 17.7 Å². The maximum Gasteiger partial charge on any atom is 0.255 e. The van der Waals surface area contributed by atoms with Crippen molar-refractivity contribution in [1.82, 2.24) is 14.7 Å². The fraction of sp³-hybridized carbons (Fsp3) is 0.517. The predicted molar refractivity (Wildman–Crippen MR) is 144 cm³/mol. The number of benzene rings is 1. The molecule has 1 saturated heterocycles. The van der Waals surface area contributed by atoms with Gasteiger partial charge in [0.15, 0.2) is 11.4 Å². The van der Waals surface area contributed by atoms with Crippen molar-refractivity contribution in [3.8, 4) is 5.75 Å². The number of hydrogen-bond donors (Lipinski definition) is 5. The highest BCUT2D eigenvalue weighted by atomic mass is 19.1. The number of likely N-dealkylation sites (tertiary alicyclic amines) is 1. The number of nitrogens with zero attached hydrogens (tertiary/aromatic N) is 3. The topological polar surface area (TPSA) is 185 Å². The van der Waals surface area contributed by atoms with Gasteiger partial charge < -0.3 is 31.1 Å². The number of Topliss-reactive ketones (excluding diaryl/α,β-unsaturated/α-hetero) is 2. The zero-order valence-corrected chi connectivity index (χ0v) is 23.3. The highest BCUT2D eigenvalue weighted by Gasteiger charge is 2.64. The number of nitrogens with two attached hydrogens (primary N) is 1. The van der Waals surface area contributed by atoms with Crippen LogP contribution < -0.4 is 5.73 Å². The second-order valence-corrected chi connectivity index (χ2v) is 12.2. The Balaban J connectivity index is 1.43. The van der Waals surface area contributed by atoms with E-state index in [1.807, 2.05) is 4.90 Å². The molecule has 4 atom stereocenters. The van der Waals surface area contributed by atoms with Gasteiger partial charge in [0.25, 0.3) is 5.91 Å². The molecule has 2 heterocycles. The Morgan fingerprint density at radius 2 is 1.71 bits per heavy atom. The summed E-state index contributed by atoms with van der Waals surface area (Å²) in [6, 6.07) is -1.23. The van der Waals surface area contributed by atoms with Crippen molar-refractivity contribution in [2.75, 3.05) is 33.7 Å². The highest BCUT2D eigenvalue weighted by molar-refractivity contribution is 6.24. The lowest BCUT2D eigenvalue weighted by atomic mass is 9.57. The van der Waals surface area contributed by atoms with Crippen LogP contribution in [0.3, 0.4) is 0 Å². The van der Waals surface area contributed by atoms with E-state index in [4.69, 9.17) is 5.73 Å². The number of phenolic OH excluding ortho intramolecular Hbond substituents is 1. The number of fused-ring (bicyclic) bond motifs is 4. The number of rotatable bonds is 4. The summed E-state index contributed by atoms with van der Waals surface area (Å²) in [6.45, 7) is 1.65. The van der Waals surface area contributed by atoms with E-state index in [1.165, 1.54) is 23.9 Å². The number of aromatic hydroxyl groups is 1. The van der Waals surface area contributed by atoms with Crippen LogP contribution in [0.5, 0.6) is 5.75 Å². The number of phenols is 1. The summed E-state index contributed by atoms with van der Waals surface area (Å²) in [5.74, 6) is -8.79. The lowest BCUT2D eigenvalue weighted by molar-refractivity contribution is -0.153. The predicted octanol–water partition coefficient (Wildman–Crippen LogP) is 0.0411. The molecule has 2 amide bonds. The molecule has 224 valence electrons. The smallest absolute Gasteiger partial charge is 0.255 e. The van der Waals surface area contributed by atoms with Crippen LogP contribution in [0.4, 0.5) is 4.39 Å². The van der Waals surface area contributed by atoms with Gasteiger partial charge in [0.05, 0.1) is 24.7 Å². The first-order valence-corrected chi connectivity index (χ1v) is 14.0. The van der Waals surface area contributed by atoms with Crippen LogP contribution >= 0.6 is 0 Å². The maximum absolute atomic E-state index is 16.1. The SMILES string of the molecule is CN(C)[C@@H]1C(=O)C(C(N)=O)=C(O)[C@@]2(O)C(=O)C3=C(O)c4c(O)c5c(c(F)c4C[C@H]3C[C@@H]12)CN(C(=O)CN1CCCC1)C5. The van der Waals surface area contributed by atoms with E-state index in [0.717, 1.165) is 25.9 Å². The quantitative estimate of drug-likeness (QED) is 0.303. The van der Waals surface area contributed by atoms with Gasteiger partial charge in [0.1, 0.15) is 28.7 Å². The molecule has 5 aliphatic rings. The Hall–Kier alpha value is -3.81. The Bertz CT molecular complexity index is 1530. The Morgan fingerprint density at radius 1 is 1.07 bits per heavy atom. The van der Waals surface area contributed by atoms with Crippen LogP contribution in [0.2, 0.25) is 0 Å². The number of halogens is 1. The van der Waals surface area contributed by atoms with Crippen molar-refractivity contribution in [3.63, 3.8) is 0 Å². The van der Waals surface area contributed by atoms with Crippen LogP contribution in [0.15, 0.2) is 16.9 Å². The molecule has 13 heteroatoms. The summed E-state index contributed by atoms with van der Waals surface area (Å²) in [5, 5.41) is 45.3. The van der Waals surface area contributed by atoms with E-state index in [9.17, 15) is 39.6 Å². The molecule has 6 rings (SSSR count). The normalized spacial score (nSPS) is 29.2. The van der Waals surface area contributed by atoms with Gasteiger partial charge >= 0.3 is 0 Å². The van der Waals surface area contributed by atoms with E-state index in [1.54, 1.807) is 0 Å². The lowest BCUT2D eigenvalue weighted by Crippen LogP contribution is -2.65. The molecule has 0 spiro atoms. The number of carbonyl (C=O) groups excluding carboxylic acids is 4. The third-order valence-corrected chi connectivity index (χ3v) is 9.64. The molecule has 6 N–H and O–H groups in total. The Morgan fingerprint density at radius 3 is 2.33 bits per heavy atom. The average Bonchev–Trinajstić information content (AvgIpc) is 3.59. The summed E-state index contributed by atoms with van der Waals surface area (Å²) in [6.07, 6.45) is 1.72. The molecule has 2 aliphatic heterocycles. The second-order valence-electron chi connectivity index (χ2n) is 12.2. The van der Waals surface area contributed by atoms with Gasteiger partial charge in [-0.2, -0.15) is 0 Å². The molecular formula is C29H33FN4O8. The van der Waals surface area contributed by atoms with Gasteiger partial charge in [-0.1, -0.05) is 0 Å². The van der Waals surface area contributed by atoms with Gasteiger partial charge in [0, 0.05) is 34.7 Å². The number of hydrogen-bond acceptors (Lipinski definition) is 10. The van der Waals surface area contributed by atoms with E-state index in [0.29, 0.717) is 0 Å².